The first-order chi connectivity index (χ1) is 11.9. The first-order valence-corrected chi connectivity index (χ1v) is 8.88. The molecule has 0 N–H and O–H groups in total. The molecule has 0 spiro atoms. The standard InChI is InChI=1S/C24H18/c1-2-6-16-12-22-20-10-9-19(21(22)11-15(16)5-1)23-13-17-7-3-4-8-18(17)14-24(20)23/h1-14,19-22H/t19-,20+,21?,22?. The Balaban J connectivity index is 1.63. The zero-order valence-electron chi connectivity index (χ0n) is 13.4. The van der Waals surface area contributed by atoms with Gasteiger partial charge in [-0.05, 0) is 44.2 Å². The van der Waals surface area contributed by atoms with Crippen LogP contribution in [0.25, 0.3) is 22.9 Å². The van der Waals surface area contributed by atoms with Crippen LogP contribution >= 0.6 is 0 Å². The lowest BCUT2D eigenvalue weighted by atomic mass is 9.58. The van der Waals surface area contributed by atoms with Gasteiger partial charge in [-0.1, -0.05) is 85.0 Å². The van der Waals surface area contributed by atoms with Crippen LogP contribution in [-0.2, 0) is 0 Å². The highest BCUT2D eigenvalue weighted by atomic mass is 14.5. The number of hydrogen-bond donors (Lipinski definition) is 0. The number of allylic oxidation sites excluding steroid dienone is 2. The molecule has 0 heteroatoms. The van der Waals surface area contributed by atoms with Crippen LogP contribution in [0.1, 0.15) is 23.0 Å². The van der Waals surface area contributed by atoms with Gasteiger partial charge in [-0.3, -0.25) is 0 Å². The van der Waals surface area contributed by atoms with Gasteiger partial charge in [-0.25, -0.2) is 0 Å². The largest absolute Gasteiger partial charge is 0.0797 e. The predicted octanol–water partition coefficient (Wildman–Crippen LogP) is 4.10. The Kier molecular flexibility index (Phi) is 2.38. The predicted molar refractivity (Wildman–Crippen MR) is 100 cm³/mol. The molecule has 7 rings (SSSR count). The second-order valence-corrected chi connectivity index (χ2v) is 7.38. The molecule has 4 atom stereocenters. The number of fused-ring (bicyclic) bond motifs is 2. The monoisotopic (exact) mass is 306 g/mol. The third-order valence-corrected chi connectivity index (χ3v) is 6.21. The highest BCUT2D eigenvalue weighted by Gasteiger charge is 2.42. The molecule has 0 heterocycles. The van der Waals surface area contributed by atoms with E-state index in [0.29, 0.717) is 23.7 Å². The van der Waals surface area contributed by atoms with Crippen molar-refractivity contribution in [2.24, 2.45) is 11.8 Å². The van der Waals surface area contributed by atoms with E-state index < -0.39 is 0 Å². The Hall–Kier alpha value is -2.60. The molecule has 0 fully saturated rings. The minimum absolute atomic E-state index is 0.518. The third-order valence-electron chi connectivity index (χ3n) is 6.21. The molecular weight excluding hydrogens is 288 g/mol. The number of benzene rings is 3. The summed E-state index contributed by atoms with van der Waals surface area (Å²) in [6.45, 7) is 0. The molecule has 0 nitrogen and oxygen atoms in total. The Labute approximate surface area is 141 Å². The van der Waals surface area contributed by atoms with E-state index in [2.05, 4.69) is 85.0 Å². The van der Waals surface area contributed by atoms with E-state index in [1.165, 1.54) is 21.2 Å². The van der Waals surface area contributed by atoms with Crippen LogP contribution in [-0.4, -0.2) is 0 Å². The summed E-state index contributed by atoms with van der Waals surface area (Å²) in [5, 5.41) is 5.55. The molecule has 3 aromatic carbocycles. The van der Waals surface area contributed by atoms with Crippen molar-refractivity contribution in [2.75, 3.05) is 0 Å². The summed E-state index contributed by atoms with van der Waals surface area (Å²) in [4.78, 5) is 0. The van der Waals surface area contributed by atoms with Gasteiger partial charge >= 0.3 is 0 Å². The molecule has 3 aromatic rings. The normalized spacial score (nSPS) is 28.5. The van der Waals surface area contributed by atoms with E-state index in [-0.39, 0.29) is 0 Å². The molecule has 0 saturated carbocycles. The van der Waals surface area contributed by atoms with Crippen LogP contribution in [0.4, 0.5) is 0 Å². The Morgan fingerprint density at radius 1 is 0.542 bits per heavy atom. The maximum atomic E-state index is 2.53. The molecule has 4 aliphatic rings. The van der Waals surface area contributed by atoms with Gasteiger partial charge in [0.05, 0.1) is 0 Å². The van der Waals surface area contributed by atoms with Crippen molar-refractivity contribution in [2.45, 2.75) is 11.8 Å². The van der Waals surface area contributed by atoms with Crippen LogP contribution < -0.4 is 10.4 Å². The van der Waals surface area contributed by atoms with E-state index >= 15 is 0 Å². The van der Waals surface area contributed by atoms with Gasteiger partial charge in [0.15, 0.2) is 0 Å². The van der Waals surface area contributed by atoms with Crippen LogP contribution in [0.15, 0.2) is 72.8 Å². The lowest BCUT2D eigenvalue weighted by Crippen LogP contribution is -2.41. The van der Waals surface area contributed by atoms with Gasteiger partial charge in [-0.2, -0.15) is 0 Å². The van der Waals surface area contributed by atoms with E-state index in [1.54, 1.807) is 11.1 Å². The SMILES string of the molecule is C1=C[C@H]2c3cc4ccccc4cc3[C@@H]1C1C=c3ccccc3=CC12. The zero-order valence-corrected chi connectivity index (χ0v) is 13.4. The van der Waals surface area contributed by atoms with E-state index in [9.17, 15) is 0 Å². The summed E-state index contributed by atoms with van der Waals surface area (Å²) in [6.07, 6.45) is 9.97. The summed E-state index contributed by atoms with van der Waals surface area (Å²) < 4.78 is 0. The quantitative estimate of drug-likeness (QED) is 0.549. The maximum Gasteiger partial charge on any atom is 0.00905 e. The molecule has 0 saturated heterocycles. The number of hydrogen-bond acceptors (Lipinski definition) is 0. The number of rotatable bonds is 0. The van der Waals surface area contributed by atoms with Crippen LogP contribution in [0.2, 0.25) is 0 Å². The Bertz CT molecular complexity index is 1040. The van der Waals surface area contributed by atoms with Crippen LogP contribution in [0, 0.1) is 11.8 Å². The smallest absolute Gasteiger partial charge is 0.00905 e. The second-order valence-electron chi connectivity index (χ2n) is 7.38. The van der Waals surface area contributed by atoms with Crippen molar-refractivity contribution in [3.8, 4) is 0 Å². The van der Waals surface area contributed by atoms with Crippen molar-refractivity contribution in [3.05, 3.63) is 94.4 Å². The van der Waals surface area contributed by atoms with Gasteiger partial charge in [0.2, 0.25) is 0 Å². The first kappa shape index (κ1) is 12.8. The summed E-state index contributed by atoms with van der Waals surface area (Å²) >= 11 is 0. The summed E-state index contributed by atoms with van der Waals surface area (Å²) in [5.74, 6) is 2.24. The highest BCUT2D eigenvalue weighted by Crippen LogP contribution is 2.54. The fourth-order valence-electron chi connectivity index (χ4n) is 5.11. The molecule has 0 aromatic heterocycles. The molecule has 0 aliphatic heterocycles. The molecule has 2 bridgehead atoms. The average molecular weight is 306 g/mol. The summed E-state index contributed by atoms with van der Waals surface area (Å²) in [5.41, 5.74) is 3.10. The lowest BCUT2D eigenvalue weighted by molar-refractivity contribution is 0.388. The van der Waals surface area contributed by atoms with Gasteiger partial charge in [0, 0.05) is 11.8 Å². The van der Waals surface area contributed by atoms with E-state index in [1.807, 2.05) is 0 Å². The van der Waals surface area contributed by atoms with E-state index in [4.69, 9.17) is 0 Å². The van der Waals surface area contributed by atoms with Gasteiger partial charge in [0.25, 0.3) is 0 Å². The second kappa shape index (κ2) is 4.48. The van der Waals surface area contributed by atoms with Crippen molar-refractivity contribution in [1.82, 2.24) is 0 Å². The molecule has 0 amide bonds. The van der Waals surface area contributed by atoms with Crippen LogP contribution in [0.5, 0.6) is 0 Å². The average Bonchev–Trinajstić information content (AvgIpc) is 2.65. The summed E-state index contributed by atoms with van der Waals surface area (Å²) in [7, 11) is 0. The molecule has 2 unspecified atom stereocenters. The first-order valence-electron chi connectivity index (χ1n) is 8.88. The lowest BCUT2D eigenvalue weighted by Gasteiger charge is -2.45. The van der Waals surface area contributed by atoms with Gasteiger partial charge in [-0.15, -0.1) is 0 Å². The minimum Gasteiger partial charge on any atom is -0.0797 e. The van der Waals surface area contributed by atoms with Crippen molar-refractivity contribution in [3.63, 3.8) is 0 Å². The van der Waals surface area contributed by atoms with Crippen LogP contribution in [0.3, 0.4) is 0 Å². The van der Waals surface area contributed by atoms with E-state index in [0.717, 1.165) is 0 Å². The van der Waals surface area contributed by atoms with Gasteiger partial charge in [0.1, 0.15) is 0 Å². The highest BCUT2D eigenvalue weighted by molar-refractivity contribution is 5.85. The molecule has 4 aliphatic carbocycles. The molecule has 0 radical (unpaired) electrons. The zero-order chi connectivity index (χ0) is 15.7. The van der Waals surface area contributed by atoms with Crippen molar-refractivity contribution in [1.29, 1.82) is 0 Å². The third kappa shape index (κ3) is 1.58. The Morgan fingerprint density at radius 2 is 1.00 bits per heavy atom. The summed E-state index contributed by atoms with van der Waals surface area (Å²) in [6, 6.07) is 22.5. The van der Waals surface area contributed by atoms with Crippen molar-refractivity contribution < 1.29 is 0 Å². The van der Waals surface area contributed by atoms with Gasteiger partial charge < -0.3 is 0 Å². The molecule has 114 valence electrons. The minimum atomic E-state index is 0.518. The fourth-order valence-corrected chi connectivity index (χ4v) is 5.11. The molecular formula is C24H18. The topological polar surface area (TPSA) is 0 Å². The maximum absolute atomic E-state index is 2.53. The fraction of sp³-hybridized carbons (Fsp3) is 0.167. The molecule has 24 heavy (non-hydrogen) atoms. The van der Waals surface area contributed by atoms with Crippen molar-refractivity contribution >= 4 is 22.9 Å². The Morgan fingerprint density at radius 3 is 1.50 bits per heavy atom.